The van der Waals surface area contributed by atoms with Crippen molar-refractivity contribution in [1.82, 2.24) is 10.2 Å². The van der Waals surface area contributed by atoms with Crippen molar-refractivity contribution in [3.8, 4) is 0 Å². The lowest BCUT2D eigenvalue weighted by atomic mass is 10.1. The second-order valence-electron chi connectivity index (χ2n) is 8.19. The largest absolute Gasteiger partial charge is 0.175 e. The van der Waals surface area contributed by atoms with E-state index in [9.17, 15) is 0 Å². The van der Waals surface area contributed by atoms with Gasteiger partial charge in [-0.2, -0.15) is 0 Å². The van der Waals surface area contributed by atoms with Gasteiger partial charge in [-0.15, -0.1) is 10.2 Å². The molecule has 0 aliphatic heterocycles. The van der Waals surface area contributed by atoms with E-state index >= 15 is 0 Å². The van der Waals surface area contributed by atoms with Crippen molar-refractivity contribution in [2.45, 2.75) is 138 Å². The predicted octanol–water partition coefficient (Wildman–Crippen LogP) is 9.78. The molecule has 0 saturated carbocycles. The molecule has 0 saturated heterocycles. The van der Waals surface area contributed by atoms with E-state index in [4.69, 9.17) is 0 Å². The first-order chi connectivity index (χ1) is 14.4. The zero-order valence-corrected chi connectivity index (χ0v) is 21.7. The van der Waals surface area contributed by atoms with E-state index in [2.05, 4.69) is 24.0 Å². The van der Waals surface area contributed by atoms with Crippen molar-refractivity contribution >= 4 is 34.9 Å². The maximum absolute atomic E-state index is 4.37. The molecule has 1 rings (SSSR count). The Bertz CT molecular complexity index is 413. The molecule has 0 spiro atoms. The van der Waals surface area contributed by atoms with Crippen molar-refractivity contribution in [2.75, 3.05) is 11.5 Å². The van der Waals surface area contributed by atoms with Crippen LogP contribution in [0.4, 0.5) is 0 Å². The molecule has 5 heteroatoms. The third-order valence-electron chi connectivity index (χ3n) is 5.33. The monoisotopic (exact) mass is 458 g/mol. The summed E-state index contributed by atoms with van der Waals surface area (Å²) >= 11 is 5.61. The number of rotatable bonds is 22. The highest BCUT2D eigenvalue weighted by Gasteiger charge is 2.05. The van der Waals surface area contributed by atoms with Crippen LogP contribution in [0.15, 0.2) is 8.68 Å². The summed E-state index contributed by atoms with van der Waals surface area (Å²) < 4.78 is 2.33. The summed E-state index contributed by atoms with van der Waals surface area (Å²) in [6.07, 6.45) is 25.2. The average Bonchev–Trinajstić information content (AvgIpc) is 3.18. The Kier molecular flexibility index (Phi) is 20.2. The normalized spacial score (nSPS) is 11.4. The van der Waals surface area contributed by atoms with E-state index in [-0.39, 0.29) is 0 Å². The number of hydrogen-bond acceptors (Lipinski definition) is 5. The maximum Gasteiger partial charge on any atom is 0.175 e. The molecule has 0 aromatic carbocycles. The fourth-order valence-electron chi connectivity index (χ4n) is 3.46. The lowest BCUT2D eigenvalue weighted by molar-refractivity contribution is 0.573. The molecule has 0 fully saturated rings. The van der Waals surface area contributed by atoms with Crippen molar-refractivity contribution < 1.29 is 0 Å². The highest BCUT2D eigenvalue weighted by Crippen LogP contribution is 2.30. The van der Waals surface area contributed by atoms with Crippen LogP contribution in [0.1, 0.15) is 129 Å². The standard InChI is InChI=1S/C24H46N2S3/c1-3-5-7-9-11-13-15-17-19-21-27-23-25-26-24(29-23)28-22-20-18-16-14-12-10-8-6-4-2/h3-22H2,1-2H3. The van der Waals surface area contributed by atoms with Crippen LogP contribution < -0.4 is 0 Å². The van der Waals surface area contributed by atoms with E-state index in [0.29, 0.717) is 0 Å². The van der Waals surface area contributed by atoms with Gasteiger partial charge in [-0.3, -0.25) is 0 Å². The molecule has 0 bridgehead atoms. The minimum absolute atomic E-state index is 1.17. The van der Waals surface area contributed by atoms with Gasteiger partial charge in [0.15, 0.2) is 8.68 Å². The highest BCUT2D eigenvalue weighted by molar-refractivity contribution is 8.03. The lowest BCUT2D eigenvalue weighted by Crippen LogP contribution is -1.84. The number of hydrogen-bond donors (Lipinski definition) is 0. The van der Waals surface area contributed by atoms with E-state index in [1.165, 1.54) is 136 Å². The molecule has 2 nitrogen and oxygen atoms in total. The second kappa shape index (κ2) is 21.5. The predicted molar refractivity (Wildman–Crippen MR) is 136 cm³/mol. The van der Waals surface area contributed by atoms with Crippen molar-refractivity contribution in [2.24, 2.45) is 0 Å². The third kappa shape index (κ3) is 17.6. The van der Waals surface area contributed by atoms with E-state index in [1.54, 1.807) is 11.3 Å². The van der Waals surface area contributed by atoms with Crippen LogP contribution in [0.2, 0.25) is 0 Å². The van der Waals surface area contributed by atoms with E-state index in [1.807, 2.05) is 23.5 Å². The van der Waals surface area contributed by atoms with Gasteiger partial charge in [0.05, 0.1) is 0 Å². The molecule has 0 atom stereocenters. The molecule has 1 heterocycles. The van der Waals surface area contributed by atoms with Gasteiger partial charge >= 0.3 is 0 Å². The van der Waals surface area contributed by atoms with Crippen LogP contribution in [-0.4, -0.2) is 21.7 Å². The molecule has 0 aliphatic carbocycles. The number of unbranched alkanes of at least 4 members (excludes halogenated alkanes) is 16. The van der Waals surface area contributed by atoms with Crippen LogP contribution in [0.25, 0.3) is 0 Å². The Morgan fingerprint density at radius 2 is 0.793 bits per heavy atom. The number of nitrogens with zero attached hydrogens (tertiary/aromatic N) is 2. The zero-order chi connectivity index (χ0) is 20.8. The lowest BCUT2D eigenvalue weighted by Gasteiger charge is -2.01. The minimum Gasteiger partial charge on any atom is -0.131 e. The van der Waals surface area contributed by atoms with Crippen LogP contribution in [0.3, 0.4) is 0 Å². The SMILES string of the molecule is CCCCCCCCCCCSc1nnc(SCCCCCCCCCCC)s1. The summed E-state index contributed by atoms with van der Waals surface area (Å²) in [7, 11) is 0. The van der Waals surface area contributed by atoms with Crippen molar-refractivity contribution in [3.05, 3.63) is 0 Å². The molecule has 0 unspecified atom stereocenters. The zero-order valence-electron chi connectivity index (χ0n) is 19.3. The third-order valence-corrected chi connectivity index (χ3v) is 8.70. The van der Waals surface area contributed by atoms with Gasteiger partial charge in [-0.05, 0) is 12.8 Å². The van der Waals surface area contributed by atoms with Gasteiger partial charge in [0.1, 0.15) is 0 Å². The first kappa shape index (κ1) is 27.3. The number of aromatic nitrogens is 2. The molecule has 0 amide bonds. The molecule has 1 aromatic heterocycles. The molecule has 29 heavy (non-hydrogen) atoms. The van der Waals surface area contributed by atoms with Gasteiger partial charge in [0, 0.05) is 11.5 Å². The van der Waals surface area contributed by atoms with Crippen LogP contribution in [-0.2, 0) is 0 Å². The average molecular weight is 459 g/mol. The smallest absolute Gasteiger partial charge is 0.131 e. The first-order valence-corrected chi connectivity index (χ1v) is 15.2. The summed E-state index contributed by atoms with van der Waals surface area (Å²) in [6.45, 7) is 4.57. The minimum atomic E-state index is 1.17. The van der Waals surface area contributed by atoms with Gasteiger partial charge in [0.25, 0.3) is 0 Å². The molecule has 1 aromatic rings. The van der Waals surface area contributed by atoms with Gasteiger partial charge < -0.3 is 0 Å². The Balaban J connectivity index is 1.88. The summed E-state index contributed by atoms with van der Waals surface area (Å²) in [6, 6.07) is 0. The van der Waals surface area contributed by atoms with Crippen LogP contribution in [0, 0.1) is 0 Å². The van der Waals surface area contributed by atoms with Gasteiger partial charge in [0.2, 0.25) is 0 Å². The molecule has 0 aliphatic rings. The van der Waals surface area contributed by atoms with Gasteiger partial charge in [-0.25, -0.2) is 0 Å². The van der Waals surface area contributed by atoms with Crippen LogP contribution in [0.5, 0.6) is 0 Å². The topological polar surface area (TPSA) is 25.8 Å². The van der Waals surface area contributed by atoms with Gasteiger partial charge in [-0.1, -0.05) is 151 Å². The Morgan fingerprint density at radius 3 is 1.14 bits per heavy atom. The van der Waals surface area contributed by atoms with Crippen molar-refractivity contribution in [3.63, 3.8) is 0 Å². The first-order valence-electron chi connectivity index (χ1n) is 12.5. The number of thioether (sulfide) groups is 2. The summed E-state index contributed by atoms with van der Waals surface area (Å²) in [5.74, 6) is 2.40. The van der Waals surface area contributed by atoms with Crippen LogP contribution >= 0.6 is 34.9 Å². The summed E-state index contributed by atoms with van der Waals surface area (Å²) in [4.78, 5) is 0. The molecule has 0 radical (unpaired) electrons. The van der Waals surface area contributed by atoms with E-state index in [0.717, 1.165) is 0 Å². The molecular formula is C24H46N2S3. The quantitative estimate of drug-likeness (QED) is 0.127. The molecule has 170 valence electrons. The molecular weight excluding hydrogens is 412 g/mol. The fourth-order valence-corrected chi connectivity index (χ4v) is 6.62. The fraction of sp³-hybridized carbons (Fsp3) is 0.917. The van der Waals surface area contributed by atoms with Crippen molar-refractivity contribution in [1.29, 1.82) is 0 Å². The summed E-state index contributed by atoms with van der Waals surface area (Å²) in [5, 5.41) is 8.73. The molecule has 0 N–H and O–H groups in total. The Morgan fingerprint density at radius 1 is 0.483 bits per heavy atom. The Labute approximate surface area is 194 Å². The summed E-state index contributed by atoms with van der Waals surface area (Å²) in [5.41, 5.74) is 0. The Hall–Kier alpha value is 0.260. The highest BCUT2D eigenvalue weighted by atomic mass is 32.2. The maximum atomic E-state index is 4.37. The second-order valence-corrected chi connectivity index (χ2v) is 11.8. The van der Waals surface area contributed by atoms with E-state index < -0.39 is 0 Å².